The first-order valence-corrected chi connectivity index (χ1v) is 7.35. The van der Waals surface area contributed by atoms with Crippen LogP contribution in [0.15, 0.2) is 30.3 Å². The molecular formula is C16H21NO4. The van der Waals surface area contributed by atoms with E-state index in [-0.39, 0.29) is 12.3 Å². The molecule has 5 heteroatoms. The van der Waals surface area contributed by atoms with E-state index >= 15 is 0 Å². The number of hydrogen-bond donors (Lipinski definition) is 2. The molecule has 1 fully saturated rings. The van der Waals surface area contributed by atoms with Crippen molar-refractivity contribution in [1.82, 2.24) is 5.32 Å². The Bertz CT molecular complexity index is 480. The molecule has 2 rings (SSSR count). The third kappa shape index (κ3) is 4.21. The second-order valence-electron chi connectivity index (χ2n) is 5.41. The Hall–Kier alpha value is -2.04. The number of hydrogen-bond acceptors (Lipinski definition) is 3. The Labute approximate surface area is 124 Å². The molecule has 1 aliphatic carbocycles. The highest BCUT2D eigenvalue weighted by Gasteiger charge is 2.42. The first kappa shape index (κ1) is 15.4. The van der Waals surface area contributed by atoms with Crippen molar-refractivity contribution in [2.24, 2.45) is 0 Å². The van der Waals surface area contributed by atoms with Crippen LogP contribution < -0.4 is 10.1 Å². The number of nitrogens with one attached hydrogen (secondary N) is 1. The number of rotatable bonds is 7. The number of carboxylic acid groups (broad SMARTS) is 1. The molecule has 0 saturated heterocycles. The highest BCUT2D eigenvalue weighted by atomic mass is 16.5. The van der Waals surface area contributed by atoms with Crippen LogP contribution in [-0.4, -0.2) is 29.1 Å². The molecule has 0 radical (unpaired) electrons. The van der Waals surface area contributed by atoms with Crippen LogP contribution in [0.3, 0.4) is 0 Å². The topological polar surface area (TPSA) is 75.6 Å². The Morgan fingerprint density at radius 2 is 1.86 bits per heavy atom. The molecule has 0 atom stereocenters. The van der Waals surface area contributed by atoms with Crippen LogP contribution in [0.4, 0.5) is 0 Å². The lowest BCUT2D eigenvalue weighted by Gasteiger charge is -2.25. The third-order valence-corrected chi connectivity index (χ3v) is 3.81. The maximum absolute atomic E-state index is 11.9. The molecular weight excluding hydrogens is 270 g/mol. The molecule has 1 amide bonds. The van der Waals surface area contributed by atoms with E-state index in [9.17, 15) is 14.7 Å². The van der Waals surface area contributed by atoms with Crippen LogP contribution in [0.2, 0.25) is 0 Å². The average molecular weight is 291 g/mol. The summed E-state index contributed by atoms with van der Waals surface area (Å²) in [5.74, 6) is -0.361. The summed E-state index contributed by atoms with van der Waals surface area (Å²) in [5.41, 5.74) is -1.04. The van der Waals surface area contributed by atoms with Gasteiger partial charge in [0, 0.05) is 6.42 Å². The lowest BCUT2D eigenvalue weighted by molar-refractivity contribution is -0.147. The minimum Gasteiger partial charge on any atom is -0.494 e. The lowest BCUT2D eigenvalue weighted by atomic mass is 9.97. The zero-order valence-corrected chi connectivity index (χ0v) is 12.0. The fourth-order valence-corrected chi connectivity index (χ4v) is 2.64. The lowest BCUT2D eigenvalue weighted by Crippen LogP contribution is -2.52. The van der Waals surface area contributed by atoms with Gasteiger partial charge >= 0.3 is 5.97 Å². The highest BCUT2D eigenvalue weighted by molar-refractivity contribution is 5.87. The van der Waals surface area contributed by atoms with E-state index in [4.69, 9.17) is 4.74 Å². The molecule has 1 aromatic rings. The smallest absolute Gasteiger partial charge is 0.329 e. The van der Waals surface area contributed by atoms with Crippen molar-refractivity contribution in [2.45, 2.75) is 44.1 Å². The van der Waals surface area contributed by atoms with Gasteiger partial charge in [-0.05, 0) is 31.4 Å². The van der Waals surface area contributed by atoms with Crippen molar-refractivity contribution in [3.05, 3.63) is 30.3 Å². The van der Waals surface area contributed by atoms with E-state index in [1.54, 1.807) is 0 Å². The van der Waals surface area contributed by atoms with Crippen molar-refractivity contribution in [1.29, 1.82) is 0 Å². The minimum atomic E-state index is -1.04. The predicted octanol–water partition coefficient (Wildman–Crippen LogP) is 2.36. The largest absolute Gasteiger partial charge is 0.494 e. The standard InChI is InChI=1S/C16H21NO4/c18-14(17-16(15(19)20)10-4-5-11-16)9-6-12-21-13-7-2-1-3-8-13/h1-3,7-8H,4-6,9-12H2,(H,17,18)(H,19,20). The summed E-state index contributed by atoms with van der Waals surface area (Å²) in [6.07, 6.45) is 3.59. The molecule has 1 aromatic carbocycles. The number of carboxylic acids is 1. The van der Waals surface area contributed by atoms with Gasteiger partial charge < -0.3 is 15.2 Å². The number of para-hydroxylation sites is 1. The first-order valence-electron chi connectivity index (χ1n) is 7.35. The summed E-state index contributed by atoms with van der Waals surface area (Å²) < 4.78 is 5.50. The average Bonchev–Trinajstić information content (AvgIpc) is 2.94. The van der Waals surface area contributed by atoms with Gasteiger partial charge in [0.15, 0.2) is 0 Å². The summed E-state index contributed by atoms with van der Waals surface area (Å²) in [5, 5.41) is 12.0. The van der Waals surface area contributed by atoms with Crippen LogP contribution >= 0.6 is 0 Å². The molecule has 1 saturated carbocycles. The van der Waals surface area contributed by atoms with Crippen molar-refractivity contribution < 1.29 is 19.4 Å². The monoisotopic (exact) mass is 291 g/mol. The van der Waals surface area contributed by atoms with Crippen molar-refractivity contribution >= 4 is 11.9 Å². The molecule has 0 unspecified atom stereocenters. The SMILES string of the molecule is O=C(CCCOc1ccccc1)NC1(C(=O)O)CCCC1. The summed E-state index contributed by atoms with van der Waals surface area (Å²) in [6.45, 7) is 0.442. The van der Waals surface area contributed by atoms with E-state index in [0.717, 1.165) is 18.6 Å². The number of ether oxygens (including phenoxy) is 1. The van der Waals surface area contributed by atoms with E-state index in [2.05, 4.69) is 5.32 Å². The molecule has 0 aromatic heterocycles. The predicted molar refractivity (Wildman–Crippen MR) is 78.1 cm³/mol. The number of carbonyl (C=O) groups excluding carboxylic acids is 1. The number of benzene rings is 1. The maximum Gasteiger partial charge on any atom is 0.329 e. The van der Waals surface area contributed by atoms with Gasteiger partial charge in [-0.1, -0.05) is 31.0 Å². The summed E-state index contributed by atoms with van der Waals surface area (Å²) in [6, 6.07) is 9.40. The second-order valence-corrected chi connectivity index (χ2v) is 5.41. The Morgan fingerprint density at radius 3 is 2.48 bits per heavy atom. The molecule has 5 nitrogen and oxygen atoms in total. The van der Waals surface area contributed by atoms with Gasteiger partial charge in [0.25, 0.3) is 0 Å². The molecule has 0 spiro atoms. The summed E-state index contributed by atoms with van der Waals surface area (Å²) in [4.78, 5) is 23.2. The number of amides is 1. The maximum atomic E-state index is 11.9. The quantitative estimate of drug-likeness (QED) is 0.756. The van der Waals surface area contributed by atoms with Gasteiger partial charge in [-0.3, -0.25) is 4.79 Å². The zero-order valence-electron chi connectivity index (χ0n) is 12.0. The highest BCUT2D eigenvalue weighted by Crippen LogP contribution is 2.30. The Balaban J connectivity index is 1.71. The van der Waals surface area contributed by atoms with Crippen LogP contribution in [0.25, 0.3) is 0 Å². The number of aliphatic carboxylic acids is 1. The van der Waals surface area contributed by atoms with Crippen molar-refractivity contribution in [3.8, 4) is 5.75 Å². The normalized spacial score (nSPS) is 16.4. The van der Waals surface area contributed by atoms with Crippen LogP contribution in [0.5, 0.6) is 5.75 Å². The fourth-order valence-electron chi connectivity index (χ4n) is 2.64. The van der Waals surface area contributed by atoms with E-state index in [1.165, 1.54) is 0 Å². The molecule has 114 valence electrons. The fraction of sp³-hybridized carbons (Fsp3) is 0.500. The molecule has 0 bridgehead atoms. The summed E-state index contributed by atoms with van der Waals surface area (Å²) >= 11 is 0. The molecule has 21 heavy (non-hydrogen) atoms. The summed E-state index contributed by atoms with van der Waals surface area (Å²) in [7, 11) is 0. The molecule has 0 heterocycles. The molecule has 1 aliphatic rings. The van der Waals surface area contributed by atoms with Crippen molar-refractivity contribution in [2.75, 3.05) is 6.61 Å². The van der Waals surface area contributed by atoms with Gasteiger partial charge in [-0.15, -0.1) is 0 Å². The van der Waals surface area contributed by atoms with Gasteiger partial charge in [-0.2, -0.15) is 0 Å². The Morgan fingerprint density at radius 1 is 1.19 bits per heavy atom. The third-order valence-electron chi connectivity index (χ3n) is 3.81. The van der Waals surface area contributed by atoms with Gasteiger partial charge in [0.2, 0.25) is 5.91 Å². The van der Waals surface area contributed by atoms with Gasteiger partial charge in [0.05, 0.1) is 6.61 Å². The zero-order chi connectivity index (χ0) is 15.1. The molecule has 2 N–H and O–H groups in total. The van der Waals surface area contributed by atoms with E-state index in [0.29, 0.717) is 25.9 Å². The Kier molecular flexibility index (Phi) is 5.20. The van der Waals surface area contributed by atoms with Crippen LogP contribution in [-0.2, 0) is 9.59 Å². The minimum absolute atomic E-state index is 0.212. The van der Waals surface area contributed by atoms with E-state index in [1.807, 2.05) is 30.3 Å². The van der Waals surface area contributed by atoms with Crippen LogP contribution in [0, 0.1) is 0 Å². The van der Waals surface area contributed by atoms with E-state index < -0.39 is 11.5 Å². The van der Waals surface area contributed by atoms with Gasteiger partial charge in [0.1, 0.15) is 11.3 Å². The van der Waals surface area contributed by atoms with Crippen LogP contribution in [0.1, 0.15) is 38.5 Å². The molecule has 0 aliphatic heterocycles. The van der Waals surface area contributed by atoms with Crippen molar-refractivity contribution in [3.63, 3.8) is 0 Å². The number of carbonyl (C=O) groups is 2. The first-order chi connectivity index (χ1) is 10.1. The van der Waals surface area contributed by atoms with Gasteiger partial charge in [-0.25, -0.2) is 4.79 Å². The second kappa shape index (κ2) is 7.11.